The predicted octanol–water partition coefficient (Wildman–Crippen LogP) is 5.28. The first-order valence-electron chi connectivity index (χ1n) is 12.7. The molecule has 38 heavy (non-hydrogen) atoms. The summed E-state index contributed by atoms with van der Waals surface area (Å²) in [4.78, 5) is 9.26. The number of fused-ring (bicyclic) bond motifs is 1. The minimum Gasteiger partial charge on any atom is -0.376 e. The van der Waals surface area contributed by atoms with Gasteiger partial charge in [0.15, 0.2) is 0 Å². The van der Waals surface area contributed by atoms with Gasteiger partial charge in [-0.3, -0.25) is 0 Å². The summed E-state index contributed by atoms with van der Waals surface area (Å²) in [6, 6.07) is 9.24. The molecule has 0 amide bonds. The molecule has 2 aromatic carbocycles. The molecule has 1 aromatic heterocycles. The Balaban J connectivity index is 1.52. The van der Waals surface area contributed by atoms with Gasteiger partial charge in [0, 0.05) is 25.0 Å². The first kappa shape index (κ1) is 26.7. The van der Waals surface area contributed by atoms with Crippen LogP contribution in [0.4, 0.5) is 18.9 Å². The summed E-state index contributed by atoms with van der Waals surface area (Å²) >= 11 is 0. The van der Waals surface area contributed by atoms with Crippen molar-refractivity contribution >= 4 is 15.7 Å². The van der Waals surface area contributed by atoms with Gasteiger partial charge < -0.3 is 14.6 Å². The van der Waals surface area contributed by atoms with Crippen LogP contribution in [0, 0.1) is 6.92 Å². The van der Waals surface area contributed by atoms with Gasteiger partial charge in [-0.05, 0) is 61.2 Å². The molecule has 0 saturated heterocycles. The predicted molar refractivity (Wildman–Crippen MR) is 137 cm³/mol. The third-order valence-electron chi connectivity index (χ3n) is 7.43. The number of rotatable bonds is 7. The lowest BCUT2D eigenvalue weighted by Gasteiger charge is -2.34. The van der Waals surface area contributed by atoms with E-state index in [-0.39, 0.29) is 30.1 Å². The van der Waals surface area contributed by atoms with Gasteiger partial charge in [-0.1, -0.05) is 25.0 Å². The smallest absolute Gasteiger partial charge is 0.376 e. The van der Waals surface area contributed by atoms with Crippen molar-refractivity contribution in [3.63, 3.8) is 0 Å². The second-order valence-electron chi connectivity index (χ2n) is 9.99. The third kappa shape index (κ3) is 5.60. The highest BCUT2D eigenvalue weighted by Crippen LogP contribution is 2.35. The summed E-state index contributed by atoms with van der Waals surface area (Å²) in [5, 5.41) is 0. The number of alkyl halides is 3. The molecule has 0 radical (unpaired) electrons. The first-order valence-corrected chi connectivity index (χ1v) is 14.2. The van der Waals surface area contributed by atoms with Gasteiger partial charge in [-0.25, -0.2) is 13.4 Å². The summed E-state index contributed by atoms with van der Waals surface area (Å²) in [7, 11) is -4.10. The molecule has 1 atom stereocenters. The molecule has 11 heteroatoms. The quantitative estimate of drug-likeness (QED) is 0.435. The normalized spacial score (nSPS) is 19.5. The van der Waals surface area contributed by atoms with Crippen LogP contribution in [0.1, 0.15) is 48.1 Å². The molecule has 1 fully saturated rings. The van der Waals surface area contributed by atoms with E-state index < -0.39 is 21.8 Å². The number of nitrogens with zero attached hydrogens (tertiary/aromatic N) is 3. The molecule has 1 saturated carbocycles. The Hall–Kier alpha value is -2.89. The number of hydrogen-bond acceptors (Lipinski definition) is 5. The summed E-state index contributed by atoms with van der Waals surface area (Å²) in [5.41, 5.74) is 2.68. The summed E-state index contributed by atoms with van der Waals surface area (Å²) in [6.07, 6.45) is 3.14. The maximum absolute atomic E-state index is 13.8. The van der Waals surface area contributed by atoms with E-state index in [9.17, 15) is 21.6 Å². The van der Waals surface area contributed by atoms with Crippen molar-refractivity contribution in [3.8, 4) is 0 Å². The average Bonchev–Trinajstić information content (AvgIpc) is 3.57. The van der Waals surface area contributed by atoms with Crippen LogP contribution in [0.2, 0.25) is 0 Å². The molecule has 1 aliphatic carbocycles. The van der Waals surface area contributed by atoms with Crippen molar-refractivity contribution in [3.05, 3.63) is 77.4 Å². The molecule has 7 nitrogen and oxygen atoms in total. The number of halogens is 3. The van der Waals surface area contributed by atoms with E-state index in [4.69, 9.17) is 4.74 Å². The minimum absolute atomic E-state index is 0.102. The summed E-state index contributed by atoms with van der Waals surface area (Å²) in [6.45, 7) is 2.96. The van der Waals surface area contributed by atoms with E-state index in [1.165, 1.54) is 4.31 Å². The highest BCUT2D eigenvalue weighted by Gasteiger charge is 2.37. The number of sulfonamides is 1. The zero-order valence-corrected chi connectivity index (χ0v) is 21.9. The maximum atomic E-state index is 13.8. The molecule has 1 N–H and O–H groups in total. The first-order chi connectivity index (χ1) is 18.1. The van der Waals surface area contributed by atoms with E-state index in [1.807, 2.05) is 25.1 Å². The van der Waals surface area contributed by atoms with Crippen LogP contribution >= 0.6 is 0 Å². The van der Waals surface area contributed by atoms with Gasteiger partial charge in [-0.15, -0.1) is 0 Å². The van der Waals surface area contributed by atoms with Crippen molar-refractivity contribution in [2.45, 2.75) is 68.9 Å². The Bertz CT molecular complexity index is 1340. The number of ether oxygens (including phenoxy) is 1. The molecule has 0 bridgehead atoms. The van der Waals surface area contributed by atoms with Crippen LogP contribution in [-0.2, 0) is 34.0 Å². The molecule has 2 aliphatic rings. The van der Waals surface area contributed by atoms with E-state index in [1.54, 1.807) is 12.5 Å². The summed E-state index contributed by atoms with van der Waals surface area (Å²) < 4.78 is 74.6. The molecule has 2 heterocycles. The zero-order chi connectivity index (χ0) is 26.9. The van der Waals surface area contributed by atoms with Gasteiger partial charge in [0.05, 0.1) is 47.8 Å². The molecule has 5 rings (SSSR count). The number of aryl methyl sites for hydroxylation is 1. The second kappa shape index (κ2) is 10.7. The average molecular weight is 549 g/mol. The Morgan fingerprint density at radius 1 is 1.11 bits per heavy atom. The highest BCUT2D eigenvalue weighted by atomic mass is 32.2. The van der Waals surface area contributed by atoms with Crippen LogP contribution in [0.25, 0.3) is 0 Å². The molecule has 204 valence electrons. The zero-order valence-electron chi connectivity index (χ0n) is 21.1. The highest BCUT2D eigenvalue weighted by molar-refractivity contribution is 7.89. The van der Waals surface area contributed by atoms with E-state index in [0.717, 1.165) is 72.5 Å². The number of aromatic nitrogens is 2. The maximum Gasteiger partial charge on any atom is 0.416 e. The Labute approximate surface area is 220 Å². The number of aromatic amines is 1. The van der Waals surface area contributed by atoms with Crippen LogP contribution in [0.3, 0.4) is 0 Å². The van der Waals surface area contributed by atoms with Gasteiger partial charge in [-0.2, -0.15) is 17.5 Å². The van der Waals surface area contributed by atoms with Crippen LogP contribution in [-0.4, -0.2) is 48.0 Å². The topological polar surface area (TPSA) is 78.5 Å². The lowest BCUT2D eigenvalue weighted by Crippen LogP contribution is -2.46. The number of anilines is 1. The fourth-order valence-corrected chi connectivity index (χ4v) is 6.74. The fraction of sp³-hybridized carbons (Fsp3) is 0.444. The molecule has 1 aliphatic heterocycles. The fourth-order valence-electron chi connectivity index (χ4n) is 5.29. The SMILES string of the molecule is Cc1cccc2c1CN(S(=O)(=O)c1ccc(C(F)(F)F)cc1)CC(COC1CCCC1)N2Cc1cnc[nH]1. The van der Waals surface area contributed by atoms with E-state index >= 15 is 0 Å². The van der Waals surface area contributed by atoms with Gasteiger partial charge in [0.2, 0.25) is 10.0 Å². The van der Waals surface area contributed by atoms with Crippen LogP contribution in [0.5, 0.6) is 0 Å². The largest absolute Gasteiger partial charge is 0.416 e. The summed E-state index contributed by atoms with van der Waals surface area (Å²) in [5.74, 6) is 0. The molecular formula is C27H31F3N4O3S. The molecule has 3 aromatic rings. The number of benzene rings is 2. The monoisotopic (exact) mass is 548 g/mol. The third-order valence-corrected chi connectivity index (χ3v) is 9.25. The molecular weight excluding hydrogens is 517 g/mol. The number of nitrogens with one attached hydrogen (secondary N) is 1. The molecule has 1 unspecified atom stereocenters. The minimum atomic E-state index is -4.54. The van der Waals surface area contributed by atoms with E-state index in [0.29, 0.717) is 13.2 Å². The lowest BCUT2D eigenvalue weighted by molar-refractivity contribution is -0.137. The van der Waals surface area contributed by atoms with Crippen molar-refractivity contribution in [2.75, 3.05) is 18.1 Å². The van der Waals surface area contributed by atoms with Crippen molar-refractivity contribution < 1.29 is 26.3 Å². The lowest BCUT2D eigenvalue weighted by atomic mass is 10.1. The Kier molecular flexibility index (Phi) is 7.52. The number of H-pyrrole nitrogens is 1. The van der Waals surface area contributed by atoms with Crippen LogP contribution < -0.4 is 4.90 Å². The van der Waals surface area contributed by atoms with Crippen molar-refractivity contribution in [1.82, 2.24) is 14.3 Å². The number of hydrogen-bond donors (Lipinski definition) is 1. The standard InChI is InChI=1S/C27H31F3N4O3S/c1-19-5-4-8-26-25(19)16-33(38(35,36)24-11-9-20(10-12-24)27(28,29)30)15-22(17-37-23-6-2-3-7-23)34(26)14-21-13-31-18-32-21/h4-5,8-13,18,22-23H,2-3,6-7,14-17H2,1H3,(H,31,32). The van der Waals surface area contributed by atoms with Crippen molar-refractivity contribution in [2.24, 2.45) is 0 Å². The van der Waals surface area contributed by atoms with Gasteiger partial charge in [0.1, 0.15) is 0 Å². The number of imidazole rings is 1. The Morgan fingerprint density at radius 2 is 1.84 bits per heavy atom. The second-order valence-corrected chi connectivity index (χ2v) is 11.9. The van der Waals surface area contributed by atoms with Crippen molar-refractivity contribution in [1.29, 1.82) is 0 Å². The van der Waals surface area contributed by atoms with E-state index in [2.05, 4.69) is 14.9 Å². The molecule has 0 spiro atoms. The Morgan fingerprint density at radius 3 is 2.50 bits per heavy atom. The van der Waals surface area contributed by atoms with Gasteiger partial charge in [0.25, 0.3) is 0 Å². The van der Waals surface area contributed by atoms with Crippen LogP contribution in [0.15, 0.2) is 59.9 Å². The van der Waals surface area contributed by atoms with Gasteiger partial charge >= 0.3 is 6.18 Å².